The third kappa shape index (κ3) is 6.60. The van der Waals surface area contributed by atoms with Crippen molar-refractivity contribution < 1.29 is 8.83 Å². The van der Waals surface area contributed by atoms with E-state index in [1.165, 1.54) is 0 Å². The number of furan rings is 2. The van der Waals surface area contributed by atoms with Gasteiger partial charge in [0.25, 0.3) is 0 Å². The van der Waals surface area contributed by atoms with Gasteiger partial charge >= 0.3 is 0 Å². The van der Waals surface area contributed by atoms with Gasteiger partial charge in [-0.05, 0) is 24.3 Å². The first kappa shape index (κ1) is 13.1. The van der Waals surface area contributed by atoms with Gasteiger partial charge in [-0.2, -0.15) is 0 Å². The second-order valence-electron chi connectivity index (χ2n) is 1.59. The molecule has 2 aromatic rings. The monoisotopic (exact) mass is 170 g/mol. The Bertz CT molecular complexity index is 154. The average Bonchev–Trinajstić information content (AvgIpc) is 2.67. The molecule has 0 radical (unpaired) electrons. The summed E-state index contributed by atoms with van der Waals surface area (Å²) < 4.78 is 9.17. The smallest absolute Gasteiger partial charge is 0.0902 e. The molecule has 4 heteroatoms. The van der Waals surface area contributed by atoms with Crippen LogP contribution in [0.1, 0.15) is 0 Å². The molecule has 12 heavy (non-hydrogen) atoms. The fourth-order valence-electron chi connectivity index (χ4n) is 0.454. The van der Waals surface area contributed by atoms with E-state index in [0.29, 0.717) is 0 Å². The van der Waals surface area contributed by atoms with Crippen LogP contribution in [0.4, 0.5) is 0 Å². The van der Waals surface area contributed by atoms with Crippen molar-refractivity contribution in [2.75, 3.05) is 0 Å². The number of hydrogen-bond donors (Lipinski definition) is 2. The highest BCUT2D eigenvalue weighted by molar-refractivity contribution is 4.79. The molecule has 0 atom stereocenters. The van der Waals surface area contributed by atoms with E-state index in [-0.39, 0.29) is 12.3 Å². The van der Waals surface area contributed by atoms with Gasteiger partial charge in [-0.3, -0.25) is 0 Å². The molecular weight excluding hydrogens is 156 g/mol. The zero-order valence-corrected chi connectivity index (χ0v) is 6.85. The van der Waals surface area contributed by atoms with Crippen molar-refractivity contribution in [3.8, 4) is 0 Å². The molecule has 0 fully saturated rings. The van der Waals surface area contributed by atoms with E-state index in [0.717, 1.165) is 0 Å². The standard InChI is InChI=1S/2C4H4O.2H3N/c2*1-2-4-5-3-1;;/h2*1-4H;2*1H3. The van der Waals surface area contributed by atoms with Gasteiger partial charge in [0.15, 0.2) is 0 Å². The summed E-state index contributed by atoms with van der Waals surface area (Å²) in [7, 11) is 0. The van der Waals surface area contributed by atoms with E-state index in [2.05, 4.69) is 8.83 Å². The molecule has 0 saturated carbocycles. The fourth-order valence-corrected chi connectivity index (χ4v) is 0.454. The lowest BCUT2D eigenvalue weighted by molar-refractivity contribution is 0.567. The Balaban J connectivity index is 0. The summed E-state index contributed by atoms with van der Waals surface area (Å²) in [5.41, 5.74) is 0. The molecule has 0 unspecified atom stereocenters. The zero-order chi connectivity index (χ0) is 7.07. The normalized spacial score (nSPS) is 6.67. The van der Waals surface area contributed by atoms with Crippen LogP contribution in [0.25, 0.3) is 0 Å². The van der Waals surface area contributed by atoms with E-state index in [1.807, 2.05) is 24.3 Å². The maximum absolute atomic E-state index is 4.58. The fraction of sp³-hybridized carbons (Fsp3) is 0. The molecule has 0 aliphatic rings. The highest BCUT2D eigenvalue weighted by Crippen LogP contribution is 1.80. The molecule has 2 aromatic heterocycles. The van der Waals surface area contributed by atoms with Gasteiger partial charge in [-0.1, -0.05) is 0 Å². The Labute approximate surface area is 71.4 Å². The highest BCUT2D eigenvalue weighted by Gasteiger charge is 1.59. The molecule has 0 amide bonds. The molecule has 0 aliphatic carbocycles. The first-order valence-electron chi connectivity index (χ1n) is 2.94. The number of rotatable bonds is 0. The van der Waals surface area contributed by atoms with Crippen LogP contribution in [0.3, 0.4) is 0 Å². The number of hydrogen-bond acceptors (Lipinski definition) is 4. The van der Waals surface area contributed by atoms with Crippen molar-refractivity contribution in [3.63, 3.8) is 0 Å². The summed E-state index contributed by atoms with van der Waals surface area (Å²) in [6, 6.07) is 7.33. The van der Waals surface area contributed by atoms with Crippen LogP contribution in [-0.2, 0) is 0 Å². The van der Waals surface area contributed by atoms with Crippen molar-refractivity contribution in [3.05, 3.63) is 49.3 Å². The molecule has 0 bridgehead atoms. The SMILES string of the molecule is N.N.c1ccoc1.c1ccoc1. The van der Waals surface area contributed by atoms with Gasteiger partial charge < -0.3 is 21.1 Å². The molecule has 68 valence electrons. The second-order valence-corrected chi connectivity index (χ2v) is 1.59. The molecule has 0 aromatic carbocycles. The molecule has 2 heterocycles. The summed E-state index contributed by atoms with van der Waals surface area (Å²) in [5, 5.41) is 0. The largest absolute Gasteiger partial charge is 0.473 e. The van der Waals surface area contributed by atoms with Crippen LogP contribution in [0.2, 0.25) is 0 Å². The highest BCUT2D eigenvalue weighted by atomic mass is 16.3. The van der Waals surface area contributed by atoms with Crippen molar-refractivity contribution in [1.29, 1.82) is 0 Å². The first-order valence-corrected chi connectivity index (χ1v) is 2.94. The van der Waals surface area contributed by atoms with Crippen molar-refractivity contribution >= 4 is 0 Å². The minimum Gasteiger partial charge on any atom is -0.473 e. The van der Waals surface area contributed by atoms with Crippen LogP contribution in [0, 0.1) is 0 Å². The van der Waals surface area contributed by atoms with Crippen LogP contribution in [-0.4, -0.2) is 0 Å². The lowest BCUT2D eigenvalue weighted by Crippen LogP contribution is -1.16. The summed E-state index contributed by atoms with van der Waals surface area (Å²) in [6.07, 6.45) is 6.50. The van der Waals surface area contributed by atoms with Gasteiger partial charge in [0.1, 0.15) is 0 Å². The summed E-state index contributed by atoms with van der Waals surface area (Å²) in [4.78, 5) is 0. The molecule has 4 nitrogen and oxygen atoms in total. The van der Waals surface area contributed by atoms with Gasteiger partial charge in [0.2, 0.25) is 0 Å². The molecule has 0 saturated heterocycles. The van der Waals surface area contributed by atoms with E-state index >= 15 is 0 Å². The van der Waals surface area contributed by atoms with Gasteiger partial charge in [0.05, 0.1) is 25.1 Å². The topological polar surface area (TPSA) is 96.3 Å². The van der Waals surface area contributed by atoms with E-state index in [1.54, 1.807) is 25.1 Å². The van der Waals surface area contributed by atoms with E-state index in [9.17, 15) is 0 Å². The van der Waals surface area contributed by atoms with Crippen molar-refractivity contribution in [2.45, 2.75) is 0 Å². The predicted molar refractivity (Wildman–Crippen MR) is 47.5 cm³/mol. The third-order valence-corrected chi connectivity index (χ3v) is 0.851. The molecule has 0 aliphatic heterocycles. The Morgan fingerprint density at radius 3 is 0.833 bits per heavy atom. The van der Waals surface area contributed by atoms with E-state index < -0.39 is 0 Å². The molecule has 6 N–H and O–H groups in total. The van der Waals surface area contributed by atoms with Crippen LogP contribution < -0.4 is 12.3 Å². The predicted octanol–water partition coefficient (Wildman–Crippen LogP) is 2.88. The summed E-state index contributed by atoms with van der Waals surface area (Å²) in [5.74, 6) is 0. The third-order valence-electron chi connectivity index (χ3n) is 0.851. The van der Waals surface area contributed by atoms with Gasteiger partial charge in [-0.15, -0.1) is 0 Å². The Morgan fingerprint density at radius 2 is 0.750 bits per heavy atom. The Morgan fingerprint density at radius 1 is 0.500 bits per heavy atom. The minimum atomic E-state index is 0. The lowest BCUT2D eigenvalue weighted by Gasteiger charge is -1.50. The van der Waals surface area contributed by atoms with Crippen LogP contribution in [0.5, 0.6) is 0 Å². The van der Waals surface area contributed by atoms with Gasteiger partial charge in [0, 0.05) is 0 Å². The Kier molecular flexibility index (Phi) is 10.3. The zero-order valence-electron chi connectivity index (χ0n) is 6.85. The average molecular weight is 170 g/mol. The first-order chi connectivity index (χ1) is 5.00. The quantitative estimate of drug-likeness (QED) is 0.635. The maximum Gasteiger partial charge on any atom is 0.0902 e. The van der Waals surface area contributed by atoms with Crippen molar-refractivity contribution in [1.82, 2.24) is 12.3 Å². The van der Waals surface area contributed by atoms with E-state index in [4.69, 9.17) is 0 Å². The summed E-state index contributed by atoms with van der Waals surface area (Å²) >= 11 is 0. The maximum atomic E-state index is 4.58. The molecular formula is C8H14N2O2. The Hall–Kier alpha value is -1.52. The van der Waals surface area contributed by atoms with Crippen LogP contribution in [0.15, 0.2) is 58.2 Å². The van der Waals surface area contributed by atoms with Gasteiger partial charge in [-0.25, -0.2) is 0 Å². The van der Waals surface area contributed by atoms with Crippen LogP contribution >= 0.6 is 0 Å². The minimum absolute atomic E-state index is 0. The molecule has 0 spiro atoms. The lowest BCUT2D eigenvalue weighted by atomic mass is 10.7. The van der Waals surface area contributed by atoms with Crippen molar-refractivity contribution in [2.24, 2.45) is 0 Å². The second kappa shape index (κ2) is 9.48. The summed E-state index contributed by atoms with van der Waals surface area (Å²) in [6.45, 7) is 0. The molecule has 2 rings (SSSR count).